The van der Waals surface area contributed by atoms with Gasteiger partial charge in [0, 0.05) is 16.3 Å². The maximum absolute atomic E-state index is 12.7. The Morgan fingerprint density at radius 2 is 2.00 bits per heavy atom. The van der Waals surface area contributed by atoms with Crippen molar-refractivity contribution in [2.24, 2.45) is 0 Å². The first kappa shape index (κ1) is 19.4. The van der Waals surface area contributed by atoms with Crippen molar-refractivity contribution < 1.29 is 9.53 Å². The summed E-state index contributed by atoms with van der Waals surface area (Å²) in [4.78, 5) is 12.7. The summed E-state index contributed by atoms with van der Waals surface area (Å²) >= 11 is 6.01. The second-order valence-electron chi connectivity index (χ2n) is 6.27. The summed E-state index contributed by atoms with van der Waals surface area (Å²) < 4.78 is 7.13. The molecule has 0 aliphatic rings. The summed E-state index contributed by atoms with van der Waals surface area (Å²) in [5.41, 5.74) is 2.93. The molecule has 0 saturated heterocycles. The van der Waals surface area contributed by atoms with Crippen molar-refractivity contribution in [1.82, 2.24) is 9.78 Å². The maximum atomic E-state index is 12.7. The molecule has 0 radical (unpaired) electrons. The number of para-hydroxylation sites is 1. The van der Waals surface area contributed by atoms with E-state index in [9.17, 15) is 10.1 Å². The molecule has 0 N–H and O–H groups in total. The summed E-state index contributed by atoms with van der Waals surface area (Å²) in [5, 5.41) is 14.3. The molecule has 28 heavy (non-hydrogen) atoms. The fraction of sp³-hybridized carbons (Fsp3) is 0.136. The summed E-state index contributed by atoms with van der Waals surface area (Å²) in [6, 6.07) is 18.4. The van der Waals surface area contributed by atoms with E-state index in [1.54, 1.807) is 38.1 Å². The number of aromatic nitrogens is 2. The number of hydrogen-bond donors (Lipinski definition) is 0. The number of ether oxygens (including phenoxy) is 1. The SMILES string of the molecule is Cc1cc(C)n(C(=O)/C(C#N)=C/c2ccccc2OCc2cccc(Cl)c2)n1. The van der Waals surface area contributed by atoms with Gasteiger partial charge in [0.05, 0.1) is 5.69 Å². The Morgan fingerprint density at radius 1 is 1.21 bits per heavy atom. The van der Waals surface area contributed by atoms with E-state index >= 15 is 0 Å². The van der Waals surface area contributed by atoms with Crippen LogP contribution < -0.4 is 4.74 Å². The predicted molar refractivity (Wildman–Crippen MR) is 108 cm³/mol. The van der Waals surface area contributed by atoms with Gasteiger partial charge in [0.1, 0.15) is 24.0 Å². The quantitative estimate of drug-likeness (QED) is 0.454. The lowest BCUT2D eigenvalue weighted by Gasteiger charge is -2.10. The molecule has 0 aliphatic heterocycles. The minimum absolute atomic E-state index is 0.0231. The molecule has 1 heterocycles. The normalized spacial score (nSPS) is 11.1. The topological polar surface area (TPSA) is 67.9 Å². The standard InChI is InChI=1S/C22H18ClN3O2/c1-15-10-16(2)26(25-15)22(27)19(13-24)12-18-7-3-4-9-21(18)28-14-17-6-5-8-20(23)11-17/h3-12H,14H2,1-2H3/b19-12+. The van der Waals surface area contributed by atoms with Crippen LogP contribution in [-0.4, -0.2) is 15.7 Å². The second-order valence-corrected chi connectivity index (χ2v) is 6.71. The molecule has 6 heteroatoms. The van der Waals surface area contributed by atoms with E-state index in [0.717, 1.165) is 5.56 Å². The lowest BCUT2D eigenvalue weighted by Crippen LogP contribution is -2.15. The van der Waals surface area contributed by atoms with E-state index in [1.165, 1.54) is 10.8 Å². The Hall–Kier alpha value is -3.36. The van der Waals surface area contributed by atoms with E-state index < -0.39 is 5.91 Å². The van der Waals surface area contributed by atoms with E-state index in [-0.39, 0.29) is 5.57 Å². The summed E-state index contributed by atoms with van der Waals surface area (Å²) in [6.45, 7) is 3.89. The summed E-state index contributed by atoms with van der Waals surface area (Å²) in [5.74, 6) is 0.0918. The zero-order valence-electron chi connectivity index (χ0n) is 15.5. The van der Waals surface area contributed by atoms with Crippen molar-refractivity contribution in [3.05, 3.63) is 87.7 Å². The average Bonchev–Trinajstić information content (AvgIpc) is 3.03. The Balaban J connectivity index is 1.87. The third-order valence-electron chi connectivity index (χ3n) is 4.06. The number of rotatable bonds is 5. The number of aryl methyl sites for hydroxylation is 2. The van der Waals surface area contributed by atoms with Crippen LogP contribution in [-0.2, 0) is 6.61 Å². The molecule has 1 aromatic heterocycles. The van der Waals surface area contributed by atoms with Crippen LogP contribution in [0.4, 0.5) is 0 Å². The molecular formula is C22H18ClN3O2. The van der Waals surface area contributed by atoms with Gasteiger partial charge in [-0.15, -0.1) is 0 Å². The molecule has 2 aromatic carbocycles. The van der Waals surface area contributed by atoms with Gasteiger partial charge in [0.2, 0.25) is 0 Å². The Bertz CT molecular complexity index is 1090. The van der Waals surface area contributed by atoms with Crippen LogP contribution in [0.3, 0.4) is 0 Å². The van der Waals surface area contributed by atoms with Crippen molar-refractivity contribution in [1.29, 1.82) is 5.26 Å². The molecule has 0 atom stereocenters. The number of benzene rings is 2. The van der Waals surface area contributed by atoms with E-state index in [1.807, 2.05) is 36.4 Å². The Labute approximate surface area is 168 Å². The largest absolute Gasteiger partial charge is 0.488 e. The van der Waals surface area contributed by atoms with Crippen molar-refractivity contribution in [2.75, 3.05) is 0 Å². The molecule has 3 rings (SSSR count). The van der Waals surface area contributed by atoms with E-state index in [2.05, 4.69) is 5.10 Å². The third-order valence-corrected chi connectivity index (χ3v) is 4.29. The lowest BCUT2D eigenvalue weighted by atomic mass is 10.1. The van der Waals surface area contributed by atoms with Crippen LogP contribution >= 0.6 is 11.6 Å². The van der Waals surface area contributed by atoms with Gasteiger partial charge < -0.3 is 4.74 Å². The average molecular weight is 392 g/mol. The second kappa shape index (κ2) is 8.55. The molecule has 0 bridgehead atoms. The molecule has 0 fully saturated rings. The lowest BCUT2D eigenvalue weighted by molar-refractivity contribution is 0.0943. The maximum Gasteiger partial charge on any atom is 0.289 e. The number of nitrogens with zero attached hydrogens (tertiary/aromatic N) is 3. The van der Waals surface area contributed by atoms with Crippen LogP contribution in [0.2, 0.25) is 5.02 Å². The highest BCUT2D eigenvalue weighted by atomic mass is 35.5. The molecule has 0 amide bonds. The van der Waals surface area contributed by atoms with Crippen molar-refractivity contribution in [2.45, 2.75) is 20.5 Å². The number of allylic oxidation sites excluding steroid dienone is 1. The molecule has 0 saturated carbocycles. The van der Waals surface area contributed by atoms with Gasteiger partial charge >= 0.3 is 0 Å². The van der Waals surface area contributed by atoms with Gasteiger partial charge in [-0.25, -0.2) is 4.68 Å². The van der Waals surface area contributed by atoms with Gasteiger partial charge in [-0.3, -0.25) is 4.79 Å². The van der Waals surface area contributed by atoms with Crippen LogP contribution in [0.1, 0.15) is 27.3 Å². The predicted octanol–water partition coefficient (Wildman–Crippen LogP) is 4.98. The van der Waals surface area contributed by atoms with E-state index in [0.29, 0.717) is 34.3 Å². The van der Waals surface area contributed by atoms with Crippen LogP contribution in [0.25, 0.3) is 6.08 Å². The van der Waals surface area contributed by atoms with Crippen LogP contribution in [0.15, 0.2) is 60.2 Å². The van der Waals surface area contributed by atoms with Crippen LogP contribution in [0, 0.1) is 25.2 Å². The monoisotopic (exact) mass is 391 g/mol. The Kier molecular flexibility index (Phi) is 5.93. The summed E-state index contributed by atoms with van der Waals surface area (Å²) in [6.07, 6.45) is 1.52. The molecule has 0 spiro atoms. The van der Waals surface area contributed by atoms with Crippen molar-refractivity contribution >= 4 is 23.6 Å². The van der Waals surface area contributed by atoms with Gasteiger partial charge in [-0.1, -0.05) is 41.9 Å². The highest BCUT2D eigenvalue weighted by Crippen LogP contribution is 2.23. The van der Waals surface area contributed by atoms with Crippen LogP contribution in [0.5, 0.6) is 5.75 Å². The van der Waals surface area contributed by atoms with Crippen molar-refractivity contribution in [3.8, 4) is 11.8 Å². The van der Waals surface area contributed by atoms with Gasteiger partial charge in [-0.05, 0) is 49.8 Å². The molecule has 140 valence electrons. The highest BCUT2D eigenvalue weighted by molar-refractivity contribution is 6.30. The third kappa shape index (κ3) is 4.48. The number of nitriles is 1. The molecule has 0 unspecified atom stereocenters. The van der Waals surface area contributed by atoms with Gasteiger partial charge in [0.15, 0.2) is 0 Å². The van der Waals surface area contributed by atoms with Gasteiger partial charge in [0.25, 0.3) is 5.91 Å². The fourth-order valence-corrected chi connectivity index (χ4v) is 2.98. The number of carbonyl (C=O) groups is 1. The minimum atomic E-state index is -0.474. The summed E-state index contributed by atoms with van der Waals surface area (Å²) in [7, 11) is 0. The minimum Gasteiger partial charge on any atom is -0.488 e. The molecular weight excluding hydrogens is 374 g/mol. The molecule has 3 aromatic rings. The smallest absolute Gasteiger partial charge is 0.289 e. The van der Waals surface area contributed by atoms with Gasteiger partial charge in [-0.2, -0.15) is 10.4 Å². The molecule has 0 aliphatic carbocycles. The van der Waals surface area contributed by atoms with Crippen molar-refractivity contribution in [3.63, 3.8) is 0 Å². The number of hydrogen-bond acceptors (Lipinski definition) is 4. The fourth-order valence-electron chi connectivity index (χ4n) is 2.76. The highest BCUT2D eigenvalue weighted by Gasteiger charge is 2.16. The number of halogens is 1. The first-order valence-electron chi connectivity index (χ1n) is 8.64. The first-order valence-corrected chi connectivity index (χ1v) is 9.02. The zero-order valence-corrected chi connectivity index (χ0v) is 16.3. The first-order chi connectivity index (χ1) is 13.5. The Morgan fingerprint density at radius 3 is 2.68 bits per heavy atom. The molecule has 5 nitrogen and oxygen atoms in total. The zero-order chi connectivity index (χ0) is 20.1. The van der Waals surface area contributed by atoms with E-state index in [4.69, 9.17) is 16.3 Å². The number of carbonyl (C=O) groups excluding carboxylic acids is 1.